The number of rotatable bonds is 7. The van der Waals surface area contributed by atoms with Crippen LogP contribution in [0.25, 0.3) is 0 Å². The van der Waals surface area contributed by atoms with Crippen molar-refractivity contribution in [2.24, 2.45) is 0 Å². The third-order valence-corrected chi connectivity index (χ3v) is 3.04. The topological polar surface area (TPSA) is 77.2 Å². The van der Waals surface area contributed by atoms with Gasteiger partial charge in [-0.25, -0.2) is 0 Å². The quantitative estimate of drug-likeness (QED) is 0.839. The van der Waals surface area contributed by atoms with E-state index in [4.69, 9.17) is 9.15 Å². The number of carbonyl (C=O) groups excluding carboxylic acids is 1. The van der Waals surface area contributed by atoms with Crippen LogP contribution in [0.1, 0.15) is 23.8 Å². The molecule has 6 nitrogen and oxygen atoms in total. The third-order valence-electron chi connectivity index (χ3n) is 3.04. The second-order valence-electron chi connectivity index (χ2n) is 4.63. The maximum atomic E-state index is 11.7. The summed E-state index contributed by atoms with van der Waals surface area (Å²) in [6, 6.07) is 7.78. The first-order valence-corrected chi connectivity index (χ1v) is 6.86. The number of hydrogen-bond donors (Lipinski definition) is 1. The summed E-state index contributed by atoms with van der Waals surface area (Å²) in [7, 11) is 1.64. The highest BCUT2D eigenvalue weighted by atomic mass is 16.5. The zero-order chi connectivity index (χ0) is 15.1. The molecule has 0 unspecified atom stereocenters. The SMILES string of the molecule is COc1ccccc1CCNC(=O)CCc1nnc(C)o1. The summed E-state index contributed by atoms with van der Waals surface area (Å²) in [6.45, 7) is 2.30. The maximum Gasteiger partial charge on any atom is 0.220 e. The average molecular weight is 289 g/mol. The Morgan fingerprint density at radius 1 is 1.29 bits per heavy atom. The highest BCUT2D eigenvalue weighted by molar-refractivity contribution is 5.76. The number of carbonyl (C=O) groups is 1. The average Bonchev–Trinajstić information content (AvgIpc) is 2.91. The van der Waals surface area contributed by atoms with Crippen molar-refractivity contribution in [1.82, 2.24) is 15.5 Å². The summed E-state index contributed by atoms with van der Waals surface area (Å²) < 4.78 is 10.5. The van der Waals surface area contributed by atoms with Gasteiger partial charge in [0.15, 0.2) is 0 Å². The first-order chi connectivity index (χ1) is 10.2. The number of methoxy groups -OCH3 is 1. The fourth-order valence-electron chi connectivity index (χ4n) is 1.99. The zero-order valence-electron chi connectivity index (χ0n) is 12.3. The lowest BCUT2D eigenvalue weighted by Crippen LogP contribution is -2.26. The van der Waals surface area contributed by atoms with Crippen molar-refractivity contribution in [3.8, 4) is 5.75 Å². The van der Waals surface area contributed by atoms with E-state index in [2.05, 4.69) is 15.5 Å². The molecule has 21 heavy (non-hydrogen) atoms. The number of nitrogens with one attached hydrogen (secondary N) is 1. The number of aryl methyl sites for hydroxylation is 2. The van der Waals surface area contributed by atoms with E-state index in [1.165, 1.54) is 0 Å². The number of benzene rings is 1. The van der Waals surface area contributed by atoms with E-state index in [9.17, 15) is 4.79 Å². The molecule has 0 saturated carbocycles. The fraction of sp³-hybridized carbons (Fsp3) is 0.400. The van der Waals surface area contributed by atoms with Crippen LogP contribution in [0.4, 0.5) is 0 Å². The highest BCUT2D eigenvalue weighted by Crippen LogP contribution is 2.17. The highest BCUT2D eigenvalue weighted by Gasteiger charge is 2.07. The monoisotopic (exact) mass is 289 g/mol. The Morgan fingerprint density at radius 3 is 2.81 bits per heavy atom. The Balaban J connectivity index is 1.71. The molecule has 0 aliphatic heterocycles. The summed E-state index contributed by atoms with van der Waals surface area (Å²) in [5.41, 5.74) is 1.08. The van der Waals surface area contributed by atoms with Gasteiger partial charge in [-0.05, 0) is 18.1 Å². The van der Waals surface area contributed by atoms with Crippen molar-refractivity contribution in [1.29, 1.82) is 0 Å². The predicted octanol–water partition coefficient (Wildman–Crippen LogP) is 1.68. The van der Waals surface area contributed by atoms with Gasteiger partial charge in [0.25, 0.3) is 0 Å². The molecule has 1 aromatic heterocycles. The van der Waals surface area contributed by atoms with Crippen LogP contribution in [0.15, 0.2) is 28.7 Å². The van der Waals surface area contributed by atoms with Crippen LogP contribution in [-0.4, -0.2) is 29.8 Å². The van der Waals surface area contributed by atoms with Crippen LogP contribution < -0.4 is 10.1 Å². The molecule has 0 saturated heterocycles. The van der Waals surface area contributed by atoms with Gasteiger partial charge in [-0.1, -0.05) is 18.2 Å². The van der Waals surface area contributed by atoms with Gasteiger partial charge in [-0.2, -0.15) is 0 Å². The van der Waals surface area contributed by atoms with Crippen molar-refractivity contribution >= 4 is 5.91 Å². The molecule has 0 atom stereocenters. The van der Waals surface area contributed by atoms with Gasteiger partial charge < -0.3 is 14.5 Å². The number of para-hydroxylation sites is 1. The molecule has 0 aliphatic carbocycles. The number of nitrogens with zero attached hydrogens (tertiary/aromatic N) is 2. The van der Waals surface area contributed by atoms with E-state index in [0.29, 0.717) is 31.2 Å². The second-order valence-corrected chi connectivity index (χ2v) is 4.63. The van der Waals surface area contributed by atoms with Gasteiger partial charge in [0, 0.05) is 26.3 Å². The molecule has 1 aromatic carbocycles. The van der Waals surface area contributed by atoms with Gasteiger partial charge in [0.05, 0.1) is 7.11 Å². The Labute approximate surface area is 123 Å². The lowest BCUT2D eigenvalue weighted by Gasteiger charge is -2.08. The van der Waals surface area contributed by atoms with Crippen molar-refractivity contribution < 1.29 is 13.9 Å². The van der Waals surface area contributed by atoms with E-state index < -0.39 is 0 Å². The van der Waals surface area contributed by atoms with Crippen LogP contribution in [0, 0.1) is 6.92 Å². The Bertz CT molecular complexity index is 595. The number of amides is 1. The van der Waals surface area contributed by atoms with Crippen LogP contribution in [0.3, 0.4) is 0 Å². The van der Waals surface area contributed by atoms with Gasteiger partial charge in [0.2, 0.25) is 17.7 Å². The lowest BCUT2D eigenvalue weighted by molar-refractivity contribution is -0.121. The summed E-state index contributed by atoms with van der Waals surface area (Å²) >= 11 is 0. The fourth-order valence-corrected chi connectivity index (χ4v) is 1.99. The largest absolute Gasteiger partial charge is 0.496 e. The van der Waals surface area contributed by atoms with E-state index in [1.54, 1.807) is 14.0 Å². The molecule has 6 heteroatoms. The van der Waals surface area contributed by atoms with E-state index in [0.717, 1.165) is 17.7 Å². The zero-order valence-corrected chi connectivity index (χ0v) is 12.3. The molecule has 1 amide bonds. The summed E-state index contributed by atoms with van der Waals surface area (Å²) in [5, 5.41) is 10.5. The summed E-state index contributed by atoms with van der Waals surface area (Å²) in [4.78, 5) is 11.7. The molecule has 1 heterocycles. The molecule has 0 radical (unpaired) electrons. The first-order valence-electron chi connectivity index (χ1n) is 6.86. The van der Waals surface area contributed by atoms with E-state index >= 15 is 0 Å². The molecule has 2 aromatic rings. The minimum Gasteiger partial charge on any atom is -0.496 e. The molecule has 0 bridgehead atoms. The molecule has 0 aliphatic rings. The van der Waals surface area contributed by atoms with Crippen LogP contribution in [0.2, 0.25) is 0 Å². The Morgan fingerprint density at radius 2 is 2.10 bits per heavy atom. The number of ether oxygens (including phenoxy) is 1. The van der Waals surface area contributed by atoms with E-state index in [-0.39, 0.29) is 5.91 Å². The van der Waals surface area contributed by atoms with Crippen molar-refractivity contribution in [3.05, 3.63) is 41.6 Å². The predicted molar refractivity (Wildman–Crippen MR) is 77.1 cm³/mol. The maximum absolute atomic E-state index is 11.7. The van der Waals surface area contributed by atoms with Crippen molar-refractivity contribution in [3.63, 3.8) is 0 Å². The van der Waals surface area contributed by atoms with Crippen LogP contribution in [0.5, 0.6) is 5.75 Å². The van der Waals surface area contributed by atoms with Crippen LogP contribution in [-0.2, 0) is 17.6 Å². The Hall–Kier alpha value is -2.37. The smallest absolute Gasteiger partial charge is 0.220 e. The second kappa shape index (κ2) is 7.42. The molecule has 0 spiro atoms. The molecular weight excluding hydrogens is 270 g/mol. The molecular formula is C15H19N3O3. The lowest BCUT2D eigenvalue weighted by atomic mass is 10.1. The van der Waals surface area contributed by atoms with Crippen molar-refractivity contribution in [2.75, 3.05) is 13.7 Å². The summed E-state index contributed by atoms with van der Waals surface area (Å²) in [6.07, 6.45) is 1.53. The van der Waals surface area contributed by atoms with Gasteiger partial charge >= 0.3 is 0 Å². The number of hydrogen-bond acceptors (Lipinski definition) is 5. The van der Waals surface area contributed by atoms with Crippen molar-refractivity contribution in [2.45, 2.75) is 26.2 Å². The van der Waals surface area contributed by atoms with Gasteiger partial charge in [-0.15, -0.1) is 10.2 Å². The number of aromatic nitrogens is 2. The van der Waals surface area contributed by atoms with Gasteiger partial charge in [-0.3, -0.25) is 4.79 Å². The van der Waals surface area contributed by atoms with Gasteiger partial charge in [0.1, 0.15) is 5.75 Å². The third kappa shape index (κ3) is 4.59. The normalized spacial score (nSPS) is 10.4. The summed E-state index contributed by atoms with van der Waals surface area (Å²) in [5.74, 6) is 1.82. The minimum absolute atomic E-state index is 0.0271. The standard InChI is InChI=1S/C15H19N3O3/c1-11-17-18-15(21-11)8-7-14(19)16-10-9-12-5-3-4-6-13(12)20-2/h3-6H,7-10H2,1-2H3,(H,16,19). The van der Waals surface area contributed by atoms with Crippen LogP contribution >= 0.6 is 0 Å². The minimum atomic E-state index is -0.0271. The molecule has 2 rings (SSSR count). The molecule has 1 N–H and O–H groups in total. The van der Waals surface area contributed by atoms with E-state index in [1.807, 2.05) is 24.3 Å². The Kier molecular flexibility index (Phi) is 5.31. The molecule has 112 valence electrons. The first kappa shape index (κ1) is 15.0. The molecule has 0 fully saturated rings.